The largest absolute Gasteiger partial charge is 0.479 e. The van der Waals surface area contributed by atoms with E-state index in [-0.39, 0.29) is 14.5 Å². The zero-order chi connectivity index (χ0) is 19.6. The maximum Gasteiger partial charge on any atom is 0.408 e. The summed E-state index contributed by atoms with van der Waals surface area (Å²) in [5.74, 6) is -2.68. The van der Waals surface area contributed by atoms with Crippen LogP contribution in [0.5, 0.6) is 0 Å². The van der Waals surface area contributed by atoms with Gasteiger partial charge in [-0.05, 0) is 38.3 Å². The molecular weight excluding hydrogens is 363 g/mol. The number of carbonyl (C=O) groups excluding carboxylic acids is 1. The second-order valence-corrected chi connectivity index (χ2v) is 7.78. The topological polar surface area (TPSA) is 148 Å². The molecule has 0 fully saturated rings. The molecule has 0 aliphatic heterocycles. The zero-order valence-corrected chi connectivity index (χ0v) is 15.4. The number of carboxylic acid groups (broad SMARTS) is 1. The fraction of sp³-hybridized carbons (Fsp3) is 0.500. The molecule has 0 radical (unpaired) electrons. The fourth-order valence-corrected chi connectivity index (χ4v) is 3.00. The summed E-state index contributed by atoms with van der Waals surface area (Å²) in [6.07, 6.45) is -1.31. The van der Waals surface area contributed by atoms with Crippen molar-refractivity contribution in [2.24, 2.45) is 5.73 Å². The van der Waals surface area contributed by atoms with Crippen LogP contribution in [0.1, 0.15) is 33.2 Å². The molecule has 0 saturated carbocycles. The Labute approximate surface area is 153 Å². The Kier molecular flexibility index (Phi) is 9.29. The van der Waals surface area contributed by atoms with Gasteiger partial charge < -0.3 is 25.8 Å². The molecular formula is C16H27N2O7P. The van der Waals surface area contributed by atoms with Gasteiger partial charge in [-0.3, -0.25) is 9.09 Å². The molecule has 10 heteroatoms. The average Bonchev–Trinajstić information content (AvgIpc) is 2.60. The summed E-state index contributed by atoms with van der Waals surface area (Å²) >= 11 is 0. The molecule has 9 nitrogen and oxygen atoms in total. The van der Waals surface area contributed by atoms with Crippen LogP contribution in [-0.2, 0) is 25.2 Å². The fourth-order valence-electron chi connectivity index (χ4n) is 1.99. The van der Waals surface area contributed by atoms with Crippen molar-refractivity contribution in [3.8, 4) is 0 Å². The van der Waals surface area contributed by atoms with Crippen molar-refractivity contribution >= 4 is 19.7 Å². The maximum absolute atomic E-state index is 12.2. The van der Waals surface area contributed by atoms with Gasteiger partial charge >= 0.3 is 19.7 Å². The predicted octanol–water partition coefficient (Wildman–Crippen LogP) is 2.29. The second-order valence-electron chi connectivity index (χ2n) is 5.66. The monoisotopic (exact) mass is 390 g/mol. The lowest BCUT2D eigenvalue weighted by Crippen LogP contribution is -2.35. The van der Waals surface area contributed by atoms with Crippen LogP contribution >= 0.6 is 7.60 Å². The van der Waals surface area contributed by atoms with Gasteiger partial charge in [-0.25, -0.2) is 9.59 Å². The number of carbonyl (C=O) groups is 2. The maximum atomic E-state index is 12.2. The van der Waals surface area contributed by atoms with Crippen molar-refractivity contribution in [3.05, 3.63) is 35.9 Å². The molecule has 148 valence electrons. The summed E-state index contributed by atoms with van der Waals surface area (Å²) < 4.78 is 22.1. The minimum atomic E-state index is -4.42. The third kappa shape index (κ3) is 7.97. The molecule has 1 aromatic rings. The van der Waals surface area contributed by atoms with Gasteiger partial charge in [0.25, 0.3) is 0 Å². The Bertz CT molecular complexity index is 632. The number of benzene rings is 1. The van der Waals surface area contributed by atoms with Gasteiger partial charge in [0.2, 0.25) is 0 Å². The van der Waals surface area contributed by atoms with Crippen molar-refractivity contribution in [1.82, 2.24) is 5.32 Å². The molecule has 1 aromatic carbocycles. The Morgan fingerprint density at radius 1 is 1.31 bits per heavy atom. The Hall–Kier alpha value is -1.93. The second kappa shape index (κ2) is 10.9. The first-order valence-corrected chi connectivity index (χ1v) is 9.82. The van der Waals surface area contributed by atoms with Crippen LogP contribution in [0.4, 0.5) is 4.79 Å². The molecule has 5 N–H and O–H groups in total. The molecule has 0 saturated heterocycles. The smallest absolute Gasteiger partial charge is 0.408 e. The van der Waals surface area contributed by atoms with Crippen LogP contribution in [0.3, 0.4) is 0 Å². The highest BCUT2D eigenvalue weighted by Crippen LogP contribution is 2.47. The summed E-state index contributed by atoms with van der Waals surface area (Å²) in [6.45, 7) is 1.62. The molecule has 1 amide bonds. The molecule has 0 aliphatic carbocycles. The molecule has 26 heavy (non-hydrogen) atoms. The first-order chi connectivity index (χ1) is 12.3. The minimum Gasteiger partial charge on any atom is -0.479 e. The Morgan fingerprint density at radius 3 is 2.54 bits per heavy atom. The first-order valence-electron chi connectivity index (χ1n) is 8.17. The summed E-state index contributed by atoms with van der Waals surface area (Å²) in [5, 5.41) is 11.3. The number of nitrogens with two attached hydrogens (primary N) is 1. The van der Waals surface area contributed by atoms with Gasteiger partial charge in [0.15, 0.2) is 6.10 Å². The van der Waals surface area contributed by atoms with E-state index in [4.69, 9.17) is 20.1 Å². The predicted molar refractivity (Wildman–Crippen MR) is 96.6 cm³/mol. The summed E-state index contributed by atoms with van der Waals surface area (Å²) in [6, 6.07) is 8.90. The van der Waals surface area contributed by atoms with E-state index in [0.717, 1.165) is 5.56 Å². The van der Waals surface area contributed by atoms with Gasteiger partial charge in [0, 0.05) is 1.43 Å². The molecule has 3 unspecified atom stereocenters. The number of alkyl carbamates (subject to hydrolysis) is 1. The molecule has 1 rings (SSSR count). The highest BCUT2D eigenvalue weighted by molar-refractivity contribution is 7.53. The van der Waals surface area contributed by atoms with E-state index < -0.39 is 31.5 Å². The lowest BCUT2D eigenvalue weighted by molar-refractivity contribution is -0.145. The summed E-state index contributed by atoms with van der Waals surface area (Å²) in [5.41, 5.74) is 6.09. The molecule has 0 bridgehead atoms. The number of hydrogen-bond donors (Lipinski definition) is 4. The standard InChI is InChI=1S/C16H25N2O7P.H2/c1-12(18-16(21)24-11-13-7-3-2-4-8-13)26(22,23)25-14(15(19)20)9-5-6-10-17;/h2-4,7-8,12,14H,5-6,9-11,17H2,1H3,(H,18,21)(H,19,20)(H,22,23);1H. The van der Waals surface area contributed by atoms with Crippen molar-refractivity contribution < 1.29 is 34.8 Å². The average molecular weight is 390 g/mol. The van der Waals surface area contributed by atoms with Crippen LogP contribution in [0.15, 0.2) is 30.3 Å². The van der Waals surface area contributed by atoms with Gasteiger partial charge in [-0.1, -0.05) is 30.3 Å². The number of amides is 1. The van der Waals surface area contributed by atoms with Crippen molar-refractivity contribution in [1.29, 1.82) is 0 Å². The van der Waals surface area contributed by atoms with Crippen LogP contribution in [0.25, 0.3) is 0 Å². The van der Waals surface area contributed by atoms with Crippen molar-refractivity contribution in [2.75, 3.05) is 6.54 Å². The number of nitrogens with one attached hydrogen (secondary N) is 1. The van der Waals surface area contributed by atoms with E-state index in [0.29, 0.717) is 19.4 Å². The Morgan fingerprint density at radius 2 is 1.96 bits per heavy atom. The molecule has 0 aliphatic rings. The highest BCUT2D eigenvalue weighted by Gasteiger charge is 2.35. The molecule has 3 atom stereocenters. The quantitative estimate of drug-likeness (QED) is 0.332. The van der Waals surface area contributed by atoms with E-state index >= 15 is 0 Å². The summed E-state index contributed by atoms with van der Waals surface area (Å²) in [7, 11) is -4.42. The third-order valence-electron chi connectivity index (χ3n) is 3.50. The number of unbranched alkanes of at least 4 members (excludes halogenated alkanes) is 1. The van der Waals surface area contributed by atoms with E-state index in [1.54, 1.807) is 24.3 Å². The Balaban J connectivity index is 0.00000676. The minimum absolute atomic E-state index is 0. The van der Waals surface area contributed by atoms with Crippen molar-refractivity contribution in [3.63, 3.8) is 0 Å². The normalized spacial score (nSPS) is 15.5. The van der Waals surface area contributed by atoms with Gasteiger partial charge in [0.1, 0.15) is 12.4 Å². The number of hydrogen-bond acceptors (Lipinski definition) is 6. The zero-order valence-electron chi connectivity index (χ0n) is 14.5. The van der Waals surface area contributed by atoms with Crippen LogP contribution in [-0.4, -0.2) is 40.5 Å². The van der Waals surface area contributed by atoms with E-state index in [2.05, 4.69) is 5.32 Å². The van der Waals surface area contributed by atoms with Gasteiger partial charge in [0.05, 0.1) is 0 Å². The molecule has 0 aromatic heterocycles. The van der Waals surface area contributed by atoms with E-state index in [1.807, 2.05) is 6.07 Å². The third-order valence-corrected chi connectivity index (χ3v) is 5.17. The van der Waals surface area contributed by atoms with Crippen LogP contribution in [0.2, 0.25) is 0 Å². The van der Waals surface area contributed by atoms with Gasteiger partial charge in [-0.2, -0.15) is 0 Å². The number of rotatable bonds is 11. The first kappa shape index (κ1) is 22.1. The SMILES string of the molecule is CC(NC(=O)OCc1ccccc1)P(=O)(O)OC(CCCCN)C(=O)O.[HH]. The van der Waals surface area contributed by atoms with Gasteiger partial charge in [-0.15, -0.1) is 0 Å². The number of ether oxygens (including phenoxy) is 1. The molecule has 0 spiro atoms. The van der Waals surface area contributed by atoms with Crippen LogP contribution in [0, 0.1) is 0 Å². The van der Waals surface area contributed by atoms with E-state index in [9.17, 15) is 19.0 Å². The molecule has 0 heterocycles. The van der Waals surface area contributed by atoms with Crippen LogP contribution < -0.4 is 11.1 Å². The number of aliphatic carboxylic acids is 1. The highest BCUT2D eigenvalue weighted by atomic mass is 31.2. The lowest BCUT2D eigenvalue weighted by atomic mass is 10.1. The van der Waals surface area contributed by atoms with E-state index in [1.165, 1.54) is 6.92 Å². The number of carboxylic acids is 1. The summed E-state index contributed by atoms with van der Waals surface area (Å²) in [4.78, 5) is 32.9. The van der Waals surface area contributed by atoms with Crippen molar-refractivity contribution in [2.45, 2.75) is 44.7 Å². The lowest BCUT2D eigenvalue weighted by Gasteiger charge is -2.23.